The Labute approximate surface area is 144 Å². The highest BCUT2D eigenvalue weighted by molar-refractivity contribution is 5.31. The predicted octanol–water partition coefficient (Wildman–Crippen LogP) is 3.35. The van der Waals surface area contributed by atoms with E-state index in [-0.39, 0.29) is 0 Å². The van der Waals surface area contributed by atoms with Crippen LogP contribution in [0, 0.1) is 0 Å². The Morgan fingerprint density at radius 2 is 1.83 bits per heavy atom. The van der Waals surface area contributed by atoms with Crippen LogP contribution in [0.4, 0.5) is 0 Å². The molecule has 1 aromatic heterocycles. The number of aromatic nitrogens is 2. The highest BCUT2D eigenvalue weighted by atomic mass is 16.5. The van der Waals surface area contributed by atoms with Crippen LogP contribution in [0.1, 0.15) is 32.0 Å². The van der Waals surface area contributed by atoms with Crippen LogP contribution in [0.5, 0.6) is 11.5 Å². The van der Waals surface area contributed by atoms with Crippen LogP contribution in [-0.4, -0.2) is 40.8 Å². The quantitative estimate of drug-likeness (QED) is 0.781. The lowest BCUT2D eigenvalue weighted by Crippen LogP contribution is -2.38. The molecular formula is C19H27N3O2. The van der Waals surface area contributed by atoms with Crippen molar-refractivity contribution in [1.82, 2.24) is 14.5 Å². The fourth-order valence-corrected chi connectivity index (χ4v) is 3.17. The first-order chi connectivity index (χ1) is 11.8. The third-order valence-electron chi connectivity index (χ3n) is 4.53. The predicted molar refractivity (Wildman–Crippen MR) is 94.4 cm³/mol. The number of imidazole rings is 1. The second-order valence-corrected chi connectivity index (χ2v) is 6.31. The van der Waals surface area contributed by atoms with E-state index in [0.29, 0.717) is 6.10 Å². The van der Waals surface area contributed by atoms with Gasteiger partial charge in [-0.05, 0) is 43.5 Å². The molecule has 0 atom stereocenters. The first-order valence-corrected chi connectivity index (χ1v) is 8.81. The van der Waals surface area contributed by atoms with Crippen LogP contribution >= 0.6 is 0 Å². The molecule has 0 aliphatic carbocycles. The number of ether oxygens (including phenoxy) is 2. The Morgan fingerprint density at radius 3 is 2.50 bits per heavy atom. The molecule has 0 amide bonds. The number of methoxy groups -OCH3 is 1. The summed E-state index contributed by atoms with van der Waals surface area (Å²) < 4.78 is 13.5. The van der Waals surface area contributed by atoms with Crippen molar-refractivity contribution in [2.45, 2.75) is 45.4 Å². The van der Waals surface area contributed by atoms with E-state index < -0.39 is 0 Å². The van der Waals surface area contributed by atoms with E-state index in [1.165, 1.54) is 5.82 Å². The van der Waals surface area contributed by atoms with Crippen molar-refractivity contribution in [2.24, 2.45) is 0 Å². The van der Waals surface area contributed by atoms with E-state index in [4.69, 9.17) is 9.47 Å². The fourth-order valence-electron chi connectivity index (χ4n) is 3.17. The Bertz CT molecular complexity index is 616. The van der Waals surface area contributed by atoms with Gasteiger partial charge in [-0.1, -0.05) is 6.92 Å². The topological polar surface area (TPSA) is 39.5 Å². The van der Waals surface area contributed by atoms with Crippen LogP contribution in [0.25, 0.3) is 0 Å². The zero-order valence-electron chi connectivity index (χ0n) is 14.6. The van der Waals surface area contributed by atoms with E-state index in [2.05, 4.69) is 27.6 Å². The van der Waals surface area contributed by atoms with E-state index >= 15 is 0 Å². The van der Waals surface area contributed by atoms with Crippen molar-refractivity contribution in [3.63, 3.8) is 0 Å². The molecular weight excluding hydrogens is 302 g/mol. The second kappa shape index (κ2) is 8.20. The minimum atomic E-state index is 0.296. The summed E-state index contributed by atoms with van der Waals surface area (Å²) in [6.07, 6.45) is 7.54. The smallest absolute Gasteiger partial charge is 0.122 e. The molecule has 1 fully saturated rings. The van der Waals surface area contributed by atoms with Crippen molar-refractivity contribution in [3.8, 4) is 11.5 Å². The molecule has 2 heterocycles. The number of piperidine rings is 1. The molecule has 0 unspecified atom stereocenters. The summed E-state index contributed by atoms with van der Waals surface area (Å²) >= 11 is 0. The van der Waals surface area contributed by atoms with Gasteiger partial charge in [0.05, 0.1) is 13.7 Å². The van der Waals surface area contributed by atoms with E-state index in [9.17, 15) is 0 Å². The lowest BCUT2D eigenvalue weighted by Gasteiger charge is -2.32. The Hall–Kier alpha value is -2.01. The third kappa shape index (κ3) is 4.29. The third-order valence-corrected chi connectivity index (χ3v) is 4.53. The van der Waals surface area contributed by atoms with Crippen LogP contribution in [0.15, 0.2) is 36.7 Å². The molecule has 0 bridgehead atoms. The maximum absolute atomic E-state index is 6.10. The average Bonchev–Trinajstić information content (AvgIpc) is 3.05. The highest BCUT2D eigenvalue weighted by Gasteiger charge is 2.21. The van der Waals surface area contributed by atoms with Gasteiger partial charge < -0.3 is 14.0 Å². The van der Waals surface area contributed by atoms with Gasteiger partial charge in [-0.3, -0.25) is 4.90 Å². The summed E-state index contributed by atoms with van der Waals surface area (Å²) in [6, 6.07) is 7.84. The molecule has 1 aromatic carbocycles. The highest BCUT2D eigenvalue weighted by Crippen LogP contribution is 2.22. The van der Waals surface area contributed by atoms with Gasteiger partial charge in [0.1, 0.15) is 23.4 Å². The zero-order chi connectivity index (χ0) is 16.8. The maximum Gasteiger partial charge on any atom is 0.122 e. The number of hydrogen-bond donors (Lipinski definition) is 0. The zero-order valence-corrected chi connectivity index (χ0v) is 14.6. The standard InChI is InChI=1S/C19H27N3O2/c1-3-11-22-14-10-20-19(22)15-21-12-8-18(9-13-21)24-17-6-4-16(23-2)5-7-17/h4-7,10,14,18H,3,8-9,11-13,15H2,1-2H3. The van der Waals surface area contributed by atoms with Gasteiger partial charge >= 0.3 is 0 Å². The molecule has 0 spiro atoms. The molecule has 24 heavy (non-hydrogen) atoms. The summed E-state index contributed by atoms with van der Waals surface area (Å²) in [6.45, 7) is 6.29. The van der Waals surface area contributed by atoms with Crippen LogP contribution in [0.2, 0.25) is 0 Å². The lowest BCUT2D eigenvalue weighted by molar-refractivity contribution is 0.0947. The van der Waals surface area contributed by atoms with Gasteiger partial charge in [-0.15, -0.1) is 0 Å². The van der Waals surface area contributed by atoms with Crippen molar-refractivity contribution in [2.75, 3.05) is 20.2 Å². The summed E-state index contributed by atoms with van der Waals surface area (Å²) in [5, 5.41) is 0. The van der Waals surface area contributed by atoms with Crippen molar-refractivity contribution in [3.05, 3.63) is 42.5 Å². The van der Waals surface area contributed by atoms with Crippen molar-refractivity contribution in [1.29, 1.82) is 0 Å². The summed E-state index contributed by atoms with van der Waals surface area (Å²) in [5.74, 6) is 2.96. The van der Waals surface area contributed by atoms with Gasteiger partial charge in [0.25, 0.3) is 0 Å². The Balaban J connectivity index is 1.47. The number of benzene rings is 1. The molecule has 5 nitrogen and oxygen atoms in total. The largest absolute Gasteiger partial charge is 0.497 e. The Kier molecular flexibility index (Phi) is 5.75. The number of hydrogen-bond acceptors (Lipinski definition) is 4. The number of rotatable bonds is 7. The molecule has 130 valence electrons. The monoisotopic (exact) mass is 329 g/mol. The van der Waals surface area contributed by atoms with Crippen LogP contribution in [-0.2, 0) is 13.1 Å². The minimum absolute atomic E-state index is 0.296. The second-order valence-electron chi connectivity index (χ2n) is 6.31. The molecule has 1 aliphatic rings. The summed E-state index contributed by atoms with van der Waals surface area (Å²) in [7, 11) is 1.68. The normalized spacial score (nSPS) is 16.2. The van der Waals surface area contributed by atoms with Crippen LogP contribution < -0.4 is 9.47 Å². The molecule has 5 heteroatoms. The molecule has 0 N–H and O–H groups in total. The minimum Gasteiger partial charge on any atom is -0.497 e. The fraction of sp³-hybridized carbons (Fsp3) is 0.526. The maximum atomic E-state index is 6.10. The van der Waals surface area contributed by atoms with Gasteiger partial charge in [-0.25, -0.2) is 4.98 Å². The molecule has 1 aliphatic heterocycles. The first kappa shape index (κ1) is 16.8. The number of aryl methyl sites for hydroxylation is 1. The SMILES string of the molecule is CCCn1ccnc1CN1CCC(Oc2ccc(OC)cc2)CC1. The van der Waals surface area contributed by atoms with Gasteiger partial charge in [0.2, 0.25) is 0 Å². The molecule has 3 rings (SSSR count). The van der Waals surface area contributed by atoms with E-state index in [1.54, 1.807) is 7.11 Å². The van der Waals surface area contributed by atoms with Gasteiger partial charge in [-0.2, -0.15) is 0 Å². The summed E-state index contributed by atoms with van der Waals surface area (Å²) in [5.41, 5.74) is 0. The average molecular weight is 329 g/mol. The van der Waals surface area contributed by atoms with Crippen LogP contribution in [0.3, 0.4) is 0 Å². The van der Waals surface area contributed by atoms with E-state index in [0.717, 1.165) is 56.9 Å². The van der Waals surface area contributed by atoms with Gasteiger partial charge in [0, 0.05) is 32.0 Å². The van der Waals surface area contributed by atoms with Crippen molar-refractivity contribution >= 4 is 0 Å². The molecule has 2 aromatic rings. The molecule has 0 radical (unpaired) electrons. The van der Waals surface area contributed by atoms with Gasteiger partial charge in [0.15, 0.2) is 0 Å². The van der Waals surface area contributed by atoms with Crippen molar-refractivity contribution < 1.29 is 9.47 Å². The lowest BCUT2D eigenvalue weighted by atomic mass is 10.1. The van der Waals surface area contributed by atoms with E-state index in [1.807, 2.05) is 30.5 Å². The number of nitrogens with zero attached hydrogens (tertiary/aromatic N) is 3. The Morgan fingerprint density at radius 1 is 1.12 bits per heavy atom. The molecule has 1 saturated heterocycles. The first-order valence-electron chi connectivity index (χ1n) is 8.81. The molecule has 0 saturated carbocycles. The summed E-state index contributed by atoms with van der Waals surface area (Å²) in [4.78, 5) is 6.98. The number of likely N-dealkylation sites (tertiary alicyclic amines) is 1.